The van der Waals surface area contributed by atoms with E-state index in [1.54, 1.807) is 7.11 Å². The lowest BCUT2D eigenvalue weighted by Crippen LogP contribution is -2.01. The number of rotatable bonds is 5. The van der Waals surface area contributed by atoms with Gasteiger partial charge in [0.15, 0.2) is 0 Å². The second-order valence-electron chi connectivity index (χ2n) is 4.79. The quantitative estimate of drug-likeness (QED) is 0.719. The third kappa shape index (κ3) is 2.65. The summed E-state index contributed by atoms with van der Waals surface area (Å²) in [6, 6.07) is 9.76. The molecule has 0 aliphatic rings. The smallest absolute Gasteiger partial charge is 0.276 e. The Kier molecular flexibility index (Phi) is 4.02. The summed E-state index contributed by atoms with van der Waals surface area (Å²) in [5.74, 6) is 1.39. The van der Waals surface area contributed by atoms with Gasteiger partial charge < -0.3 is 14.0 Å². The van der Waals surface area contributed by atoms with Crippen LogP contribution in [0.15, 0.2) is 34.9 Å². The van der Waals surface area contributed by atoms with Crippen molar-refractivity contribution < 1.29 is 14.0 Å². The molecule has 0 amide bonds. The minimum Gasteiger partial charge on any atom is -0.481 e. The first kappa shape index (κ1) is 14.5. The van der Waals surface area contributed by atoms with Crippen molar-refractivity contribution in [2.45, 2.75) is 20.0 Å². The second kappa shape index (κ2) is 6.11. The highest BCUT2D eigenvalue weighted by atomic mass is 16.5. The van der Waals surface area contributed by atoms with Gasteiger partial charge in [-0.2, -0.15) is 4.98 Å². The summed E-state index contributed by atoms with van der Waals surface area (Å²) in [4.78, 5) is 8.81. The molecule has 0 aliphatic heterocycles. The summed E-state index contributed by atoms with van der Waals surface area (Å²) in [6.45, 7) is 4.40. The molecule has 1 aromatic carbocycles. The Hall–Kier alpha value is -2.47. The summed E-state index contributed by atoms with van der Waals surface area (Å²) in [6.07, 6.45) is -0.218. The molecule has 0 saturated carbocycles. The van der Waals surface area contributed by atoms with E-state index in [1.165, 1.54) is 0 Å². The number of pyridine rings is 1. The summed E-state index contributed by atoms with van der Waals surface area (Å²) in [5.41, 5.74) is 0.581. The summed E-state index contributed by atoms with van der Waals surface area (Å²) >= 11 is 0. The van der Waals surface area contributed by atoms with Gasteiger partial charge in [-0.1, -0.05) is 23.4 Å². The van der Waals surface area contributed by atoms with E-state index in [2.05, 4.69) is 15.1 Å². The average Bonchev–Trinajstić information content (AvgIpc) is 3.04. The highest BCUT2D eigenvalue weighted by Crippen LogP contribution is 2.28. The lowest BCUT2D eigenvalue weighted by atomic mass is 10.1. The molecule has 0 unspecified atom stereocenters. The van der Waals surface area contributed by atoms with Gasteiger partial charge in [0.05, 0.1) is 7.11 Å². The molecule has 3 aromatic rings. The van der Waals surface area contributed by atoms with Crippen LogP contribution in [0.1, 0.15) is 25.8 Å². The monoisotopic (exact) mass is 299 g/mol. The third-order valence-electron chi connectivity index (χ3n) is 3.34. The summed E-state index contributed by atoms with van der Waals surface area (Å²) in [7, 11) is 1.59. The Labute approximate surface area is 128 Å². The molecule has 114 valence electrons. The first-order chi connectivity index (χ1) is 10.7. The maximum absolute atomic E-state index is 5.46. The minimum absolute atomic E-state index is 0.218. The molecule has 1 atom stereocenters. The number of hydrogen-bond donors (Lipinski definition) is 0. The minimum atomic E-state index is -0.218. The Balaban J connectivity index is 2.03. The summed E-state index contributed by atoms with van der Waals surface area (Å²) in [5, 5.41) is 5.90. The number of fused-ring (bicyclic) bond motifs is 1. The van der Waals surface area contributed by atoms with Gasteiger partial charge in [0.1, 0.15) is 11.8 Å². The topological polar surface area (TPSA) is 70.3 Å². The SMILES string of the molecule is CCO[C@H](C)c1noc(-c2cc3ccccc3c(OC)n2)n1. The number of hydrogen-bond acceptors (Lipinski definition) is 6. The van der Waals surface area contributed by atoms with E-state index >= 15 is 0 Å². The lowest BCUT2D eigenvalue weighted by Gasteiger charge is -2.06. The van der Waals surface area contributed by atoms with Gasteiger partial charge in [0.2, 0.25) is 11.7 Å². The third-order valence-corrected chi connectivity index (χ3v) is 3.34. The van der Waals surface area contributed by atoms with E-state index < -0.39 is 0 Å². The van der Waals surface area contributed by atoms with Gasteiger partial charge >= 0.3 is 0 Å². The number of aromatic nitrogens is 3. The normalized spacial score (nSPS) is 12.5. The molecule has 2 aromatic heterocycles. The number of ether oxygens (including phenoxy) is 2. The Bertz CT molecular complexity index is 785. The molecule has 0 radical (unpaired) electrons. The van der Waals surface area contributed by atoms with Crippen molar-refractivity contribution in [1.29, 1.82) is 0 Å². The first-order valence-corrected chi connectivity index (χ1v) is 7.12. The van der Waals surface area contributed by atoms with Crippen LogP contribution in [0.3, 0.4) is 0 Å². The maximum Gasteiger partial charge on any atom is 0.276 e. The molecule has 0 spiro atoms. The molecule has 6 nitrogen and oxygen atoms in total. The van der Waals surface area contributed by atoms with Crippen molar-refractivity contribution in [1.82, 2.24) is 15.1 Å². The van der Waals surface area contributed by atoms with Crippen LogP contribution in [0, 0.1) is 0 Å². The molecule has 0 aliphatic carbocycles. The molecule has 0 saturated heterocycles. The molecule has 0 N–H and O–H groups in total. The molecular formula is C16H17N3O3. The standard InChI is InChI=1S/C16H17N3O3/c1-4-21-10(2)14-18-16(22-19-14)13-9-11-7-5-6-8-12(11)15(17-13)20-3/h5-10H,4H2,1-3H3/t10-/m1/s1. The molecule has 6 heteroatoms. The van der Waals surface area contributed by atoms with Crippen LogP contribution < -0.4 is 4.74 Å². The summed E-state index contributed by atoms with van der Waals surface area (Å²) < 4.78 is 16.1. The van der Waals surface area contributed by atoms with Crippen LogP contribution in [0.25, 0.3) is 22.4 Å². The van der Waals surface area contributed by atoms with Gasteiger partial charge in [-0.25, -0.2) is 4.98 Å². The van der Waals surface area contributed by atoms with Crippen LogP contribution in [0.2, 0.25) is 0 Å². The van der Waals surface area contributed by atoms with Gasteiger partial charge in [0.25, 0.3) is 5.89 Å². The van der Waals surface area contributed by atoms with Gasteiger partial charge in [-0.05, 0) is 31.4 Å². The fourth-order valence-electron chi connectivity index (χ4n) is 2.26. The second-order valence-corrected chi connectivity index (χ2v) is 4.79. The van der Waals surface area contributed by atoms with Crippen molar-refractivity contribution in [3.63, 3.8) is 0 Å². The van der Waals surface area contributed by atoms with E-state index in [9.17, 15) is 0 Å². The van der Waals surface area contributed by atoms with Gasteiger partial charge in [-0.15, -0.1) is 0 Å². The molecule has 2 heterocycles. The van der Waals surface area contributed by atoms with E-state index in [4.69, 9.17) is 14.0 Å². The van der Waals surface area contributed by atoms with Crippen LogP contribution in [-0.4, -0.2) is 28.8 Å². The molecule has 0 fully saturated rings. The lowest BCUT2D eigenvalue weighted by molar-refractivity contribution is 0.0683. The van der Waals surface area contributed by atoms with Crippen molar-refractivity contribution in [2.75, 3.05) is 13.7 Å². The fraction of sp³-hybridized carbons (Fsp3) is 0.312. The highest BCUT2D eigenvalue weighted by molar-refractivity contribution is 5.89. The van der Waals surface area contributed by atoms with E-state index in [0.29, 0.717) is 29.9 Å². The molecule has 0 bridgehead atoms. The first-order valence-electron chi connectivity index (χ1n) is 7.12. The predicted octanol–water partition coefficient (Wildman–Crippen LogP) is 3.39. The zero-order valence-electron chi connectivity index (χ0n) is 12.7. The number of methoxy groups -OCH3 is 1. The van der Waals surface area contributed by atoms with Crippen LogP contribution in [0.4, 0.5) is 0 Å². The van der Waals surface area contributed by atoms with Crippen molar-refractivity contribution in [3.05, 3.63) is 36.2 Å². The highest BCUT2D eigenvalue weighted by Gasteiger charge is 2.17. The van der Waals surface area contributed by atoms with Gasteiger partial charge in [0, 0.05) is 12.0 Å². The van der Waals surface area contributed by atoms with Crippen LogP contribution in [0.5, 0.6) is 5.88 Å². The van der Waals surface area contributed by atoms with Crippen molar-refractivity contribution >= 4 is 10.8 Å². The zero-order valence-corrected chi connectivity index (χ0v) is 12.7. The van der Waals surface area contributed by atoms with E-state index in [-0.39, 0.29) is 6.10 Å². The maximum atomic E-state index is 5.46. The van der Waals surface area contributed by atoms with E-state index in [0.717, 1.165) is 10.8 Å². The Morgan fingerprint density at radius 2 is 2.05 bits per heavy atom. The zero-order chi connectivity index (χ0) is 15.5. The number of benzene rings is 1. The predicted molar refractivity (Wildman–Crippen MR) is 81.6 cm³/mol. The van der Waals surface area contributed by atoms with Crippen molar-refractivity contribution in [2.24, 2.45) is 0 Å². The fourth-order valence-corrected chi connectivity index (χ4v) is 2.26. The average molecular weight is 299 g/mol. The van der Waals surface area contributed by atoms with E-state index in [1.807, 2.05) is 44.2 Å². The molecule has 22 heavy (non-hydrogen) atoms. The van der Waals surface area contributed by atoms with Crippen molar-refractivity contribution in [3.8, 4) is 17.5 Å². The molecular weight excluding hydrogens is 282 g/mol. The Morgan fingerprint density at radius 3 is 2.82 bits per heavy atom. The number of nitrogens with zero attached hydrogens (tertiary/aromatic N) is 3. The Morgan fingerprint density at radius 1 is 1.23 bits per heavy atom. The van der Waals surface area contributed by atoms with Crippen LogP contribution in [-0.2, 0) is 4.74 Å². The van der Waals surface area contributed by atoms with Gasteiger partial charge in [-0.3, -0.25) is 0 Å². The molecule has 3 rings (SSSR count). The van der Waals surface area contributed by atoms with Crippen LogP contribution >= 0.6 is 0 Å². The largest absolute Gasteiger partial charge is 0.481 e.